The van der Waals surface area contributed by atoms with Crippen LogP contribution in [0.1, 0.15) is 37.7 Å². The van der Waals surface area contributed by atoms with Crippen molar-refractivity contribution in [1.82, 2.24) is 14.8 Å². The Morgan fingerprint density at radius 2 is 1.83 bits per heavy atom. The van der Waals surface area contributed by atoms with Crippen molar-refractivity contribution < 1.29 is 9.90 Å². The van der Waals surface area contributed by atoms with Gasteiger partial charge in [0.15, 0.2) is 0 Å². The number of hydrogen-bond donors (Lipinski definition) is 1. The van der Waals surface area contributed by atoms with Crippen molar-refractivity contribution in [3.63, 3.8) is 0 Å². The second kappa shape index (κ2) is 7.88. The fourth-order valence-electron chi connectivity index (χ4n) is 3.68. The predicted octanol–water partition coefficient (Wildman–Crippen LogP) is 1.67. The smallest absolute Gasteiger partial charge is 0.225 e. The molecule has 1 amide bonds. The Morgan fingerprint density at radius 1 is 1.09 bits per heavy atom. The summed E-state index contributed by atoms with van der Waals surface area (Å²) in [5.41, 5.74) is 1.28. The summed E-state index contributed by atoms with van der Waals surface area (Å²) < 4.78 is 0. The highest BCUT2D eigenvalue weighted by Gasteiger charge is 2.29. The summed E-state index contributed by atoms with van der Waals surface area (Å²) in [6.45, 7) is 4.59. The number of rotatable bonds is 3. The molecule has 5 nitrogen and oxygen atoms in total. The highest BCUT2D eigenvalue weighted by Crippen LogP contribution is 2.26. The summed E-state index contributed by atoms with van der Waals surface area (Å²) in [4.78, 5) is 21.2. The van der Waals surface area contributed by atoms with Crippen LogP contribution < -0.4 is 0 Å². The van der Waals surface area contributed by atoms with E-state index in [2.05, 4.69) is 26.9 Å². The molecule has 3 rings (SSSR count). The van der Waals surface area contributed by atoms with Crippen LogP contribution >= 0.6 is 0 Å². The zero-order valence-corrected chi connectivity index (χ0v) is 13.7. The van der Waals surface area contributed by atoms with E-state index < -0.39 is 0 Å². The Labute approximate surface area is 138 Å². The van der Waals surface area contributed by atoms with Crippen LogP contribution in [0.3, 0.4) is 0 Å². The van der Waals surface area contributed by atoms with Crippen molar-refractivity contribution in [2.24, 2.45) is 5.92 Å². The number of amides is 1. The lowest BCUT2D eigenvalue weighted by Crippen LogP contribution is -2.40. The average molecular weight is 317 g/mol. The Balaban J connectivity index is 1.51. The second-order valence-electron chi connectivity index (χ2n) is 6.82. The van der Waals surface area contributed by atoms with E-state index in [0.717, 1.165) is 64.8 Å². The lowest BCUT2D eigenvalue weighted by molar-refractivity contribution is -0.137. The number of aliphatic hydroxyl groups is 1. The van der Waals surface area contributed by atoms with Gasteiger partial charge in [-0.1, -0.05) is 0 Å². The van der Waals surface area contributed by atoms with Crippen LogP contribution in [0.2, 0.25) is 0 Å². The number of nitrogens with zero attached hydrogens (tertiary/aromatic N) is 3. The molecule has 0 bridgehead atoms. The molecule has 0 radical (unpaired) electrons. The first kappa shape index (κ1) is 16.4. The number of pyridine rings is 1. The van der Waals surface area contributed by atoms with E-state index in [1.54, 1.807) is 0 Å². The van der Waals surface area contributed by atoms with E-state index in [1.807, 2.05) is 12.4 Å². The second-order valence-corrected chi connectivity index (χ2v) is 6.82. The van der Waals surface area contributed by atoms with Crippen LogP contribution in [0.15, 0.2) is 24.5 Å². The van der Waals surface area contributed by atoms with Gasteiger partial charge in [-0.15, -0.1) is 0 Å². The summed E-state index contributed by atoms with van der Waals surface area (Å²) in [5.74, 6) is 0.438. The van der Waals surface area contributed by atoms with E-state index in [-0.39, 0.29) is 12.0 Å². The van der Waals surface area contributed by atoms with E-state index in [9.17, 15) is 9.90 Å². The van der Waals surface area contributed by atoms with Gasteiger partial charge in [-0.25, -0.2) is 0 Å². The molecule has 2 fully saturated rings. The van der Waals surface area contributed by atoms with Gasteiger partial charge in [-0.05, 0) is 49.8 Å². The number of aromatic nitrogens is 1. The summed E-state index contributed by atoms with van der Waals surface area (Å²) in [6, 6.07) is 4.11. The molecule has 1 saturated carbocycles. The van der Waals surface area contributed by atoms with Gasteiger partial charge in [0.25, 0.3) is 0 Å². The Bertz CT molecular complexity index is 500. The van der Waals surface area contributed by atoms with Crippen molar-refractivity contribution in [3.05, 3.63) is 30.1 Å². The first-order valence-electron chi connectivity index (χ1n) is 8.80. The molecule has 1 aromatic rings. The third kappa shape index (κ3) is 4.52. The van der Waals surface area contributed by atoms with Crippen LogP contribution in [-0.4, -0.2) is 58.1 Å². The van der Waals surface area contributed by atoms with Crippen LogP contribution in [0.5, 0.6) is 0 Å². The molecule has 0 unspecified atom stereocenters. The van der Waals surface area contributed by atoms with Gasteiger partial charge >= 0.3 is 0 Å². The van der Waals surface area contributed by atoms with Gasteiger partial charge in [0.1, 0.15) is 0 Å². The maximum absolute atomic E-state index is 12.7. The van der Waals surface area contributed by atoms with Crippen molar-refractivity contribution in [1.29, 1.82) is 0 Å². The standard InChI is InChI=1S/C18H27N3O2/c22-17-4-2-16(3-5-17)18(23)21-11-1-10-20(12-13-21)14-15-6-8-19-9-7-15/h6-9,16-17,22H,1-5,10-14H2. The molecule has 0 spiro atoms. The third-order valence-electron chi connectivity index (χ3n) is 5.10. The van der Waals surface area contributed by atoms with E-state index in [1.165, 1.54) is 5.56 Å². The molecule has 1 aromatic heterocycles. The summed E-state index contributed by atoms with van der Waals surface area (Å²) in [7, 11) is 0. The maximum Gasteiger partial charge on any atom is 0.225 e. The number of hydrogen-bond acceptors (Lipinski definition) is 4. The molecular formula is C18H27N3O2. The van der Waals surface area contributed by atoms with Crippen LogP contribution in [0.4, 0.5) is 0 Å². The van der Waals surface area contributed by atoms with Crippen molar-refractivity contribution >= 4 is 5.91 Å². The fourth-order valence-corrected chi connectivity index (χ4v) is 3.68. The Morgan fingerprint density at radius 3 is 2.57 bits per heavy atom. The summed E-state index contributed by atoms with van der Waals surface area (Å²) in [5, 5.41) is 9.60. The highest BCUT2D eigenvalue weighted by atomic mass is 16.3. The number of carbonyl (C=O) groups excluding carboxylic acids is 1. The zero-order valence-electron chi connectivity index (χ0n) is 13.7. The third-order valence-corrected chi connectivity index (χ3v) is 5.10. The molecule has 23 heavy (non-hydrogen) atoms. The normalized spacial score (nSPS) is 26.7. The molecule has 1 N–H and O–H groups in total. The fraction of sp³-hybridized carbons (Fsp3) is 0.667. The zero-order chi connectivity index (χ0) is 16.1. The average Bonchev–Trinajstić information content (AvgIpc) is 2.81. The molecule has 1 saturated heterocycles. The molecular weight excluding hydrogens is 290 g/mol. The maximum atomic E-state index is 12.7. The first-order valence-corrected chi connectivity index (χ1v) is 8.80. The quantitative estimate of drug-likeness (QED) is 0.921. The molecule has 0 aromatic carbocycles. The Kier molecular flexibility index (Phi) is 5.62. The predicted molar refractivity (Wildman–Crippen MR) is 88.7 cm³/mol. The lowest BCUT2D eigenvalue weighted by Gasteiger charge is -2.30. The number of aliphatic hydroxyl groups excluding tert-OH is 1. The molecule has 5 heteroatoms. The van der Waals surface area contributed by atoms with Crippen molar-refractivity contribution in [2.45, 2.75) is 44.8 Å². The van der Waals surface area contributed by atoms with E-state index in [4.69, 9.17) is 0 Å². The van der Waals surface area contributed by atoms with Crippen LogP contribution in [0, 0.1) is 5.92 Å². The minimum Gasteiger partial charge on any atom is -0.393 e. The van der Waals surface area contributed by atoms with Gasteiger partial charge in [-0.3, -0.25) is 14.7 Å². The van der Waals surface area contributed by atoms with E-state index in [0.29, 0.717) is 5.91 Å². The van der Waals surface area contributed by atoms with Crippen LogP contribution in [-0.2, 0) is 11.3 Å². The molecule has 1 aliphatic heterocycles. The number of carbonyl (C=O) groups is 1. The lowest BCUT2D eigenvalue weighted by atomic mass is 9.86. The first-order chi connectivity index (χ1) is 11.2. The minimum atomic E-state index is -0.195. The molecule has 126 valence electrons. The topological polar surface area (TPSA) is 56.7 Å². The van der Waals surface area contributed by atoms with Crippen LogP contribution in [0.25, 0.3) is 0 Å². The minimum absolute atomic E-state index is 0.130. The van der Waals surface area contributed by atoms with Gasteiger partial charge in [0.2, 0.25) is 5.91 Å². The summed E-state index contributed by atoms with van der Waals surface area (Å²) >= 11 is 0. The Hall–Kier alpha value is -1.46. The molecule has 2 aliphatic rings. The summed E-state index contributed by atoms with van der Waals surface area (Å²) in [6.07, 6.45) is 7.75. The van der Waals surface area contributed by atoms with Crippen molar-refractivity contribution in [2.75, 3.05) is 26.2 Å². The molecule has 0 atom stereocenters. The molecule has 2 heterocycles. The van der Waals surface area contributed by atoms with Gasteiger partial charge in [-0.2, -0.15) is 0 Å². The van der Waals surface area contributed by atoms with Gasteiger partial charge in [0, 0.05) is 51.0 Å². The highest BCUT2D eigenvalue weighted by molar-refractivity contribution is 5.79. The van der Waals surface area contributed by atoms with Gasteiger partial charge < -0.3 is 10.0 Å². The van der Waals surface area contributed by atoms with Gasteiger partial charge in [0.05, 0.1) is 6.10 Å². The van der Waals surface area contributed by atoms with E-state index >= 15 is 0 Å². The largest absolute Gasteiger partial charge is 0.393 e. The monoisotopic (exact) mass is 317 g/mol. The van der Waals surface area contributed by atoms with Crippen molar-refractivity contribution in [3.8, 4) is 0 Å². The molecule has 1 aliphatic carbocycles. The SMILES string of the molecule is O=C(C1CCC(O)CC1)N1CCCN(Cc2ccncc2)CC1.